The van der Waals surface area contributed by atoms with Gasteiger partial charge in [-0.05, 0) is 22.3 Å². The van der Waals surface area contributed by atoms with Crippen LogP contribution in [0, 0.1) is 0 Å². The molecule has 0 aliphatic heterocycles. The quantitative estimate of drug-likeness (QED) is 0.560. The van der Waals surface area contributed by atoms with Crippen molar-refractivity contribution in [2.24, 2.45) is 0 Å². The maximum absolute atomic E-state index is 11.8. The van der Waals surface area contributed by atoms with Gasteiger partial charge in [0.1, 0.15) is 6.61 Å². The standard InChI is InChI=1S/C19H18N2O5/c22-17(18(23)24)20-9-10-21-19(25)26-11-16-14-7-3-1-5-12(14)13-6-2-4-8-15(13)16/h1-8,16H,9-11H2,(H,20,22)(H,21,25)(H,23,24). The van der Waals surface area contributed by atoms with Crippen LogP contribution >= 0.6 is 0 Å². The molecule has 0 aromatic heterocycles. The highest BCUT2D eigenvalue weighted by Gasteiger charge is 2.28. The number of amides is 2. The molecule has 0 heterocycles. The number of carbonyl (C=O) groups excluding carboxylic acids is 2. The molecule has 26 heavy (non-hydrogen) atoms. The second kappa shape index (κ2) is 7.69. The predicted molar refractivity (Wildman–Crippen MR) is 93.7 cm³/mol. The van der Waals surface area contributed by atoms with Crippen molar-refractivity contribution in [3.63, 3.8) is 0 Å². The van der Waals surface area contributed by atoms with E-state index in [1.54, 1.807) is 0 Å². The third-order valence-corrected chi connectivity index (χ3v) is 4.22. The van der Waals surface area contributed by atoms with Crippen molar-refractivity contribution in [1.29, 1.82) is 0 Å². The number of fused-ring (bicyclic) bond motifs is 3. The molecule has 0 saturated carbocycles. The van der Waals surface area contributed by atoms with Crippen LogP contribution in [0.25, 0.3) is 11.1 Å². The van der Waals surface area contributed by atoms with Crippen molar-refractivity contribution >= 4 is 18.0 Å². The molecular formula is C19H18N2O5. The highest BCUT2D eigenvalue weighted by Crippen LogP contribution is 2.44. The minimum Gasteiger partial charge on any atom is -0.474 e. The molecule has 2 aromatic rings. The Labute approximate surface area is 150 Å². The van der Waals surface area contributed by atoms with Crippen molar-refractivity contribution in [3.05, 3.63) is 59.7 Å². The van der Waals surface area contributed by atoms with Gasteiger partial charge < -0.3 is 20.5 Å². The van der Waals surface area contributed by atoms with E-state index in [4.69, 9.17) is 9.84 Å². The molecule has 0 atom stereocenters. The number of rotatable bonds is 5. The smallest absolute Gasteiger partial charge is 0.407 e. The first-order chi connectivity index (χ1) is 12.6. The highest BCUT2D eigenvalue weighted by atomic mass is 16.5. The van der Waals surface area contributed by atoms with Crippen LogP contribution in [-0.4, -0.2) is 42.8 Å². The number of benzene rings is 2. The zero-order valence-electron chi connectivity index (χ0n) is 13.9. The molecule has 1 aliphatic rings. The summed E-state index contributed by atoms with van der Waals surface area (Å²) in [6, 6.07) is 16.1. The number of alkyl carbamates (subject to hydrolysis) is 1. The average Bonchev–Trinajstić information content (AvgIpc) is 2.97. The molecule has 1 aliphatic carbocycles. The van der Waals surface area contributed by atoms with Gasteiger partial charge in [-0.1, -0.05) is 48.5 Å². The van der Waals surface area contributed by atoms with Crippen LogP contribution in [0.15, 0.2) is 48.5 Å². The van der Waals surface area contributed by atoms with Crippen molar-refractivity contribution in [2.75, 3.05) is 19.7 Å². The van der Waals surface area contributed by atoms with E-state index in [0.717, 1.165) is 22.3 Å². The van der Waals surface area contributed by atoms with Crippen LogP contribution in [0.1, 0.15) is 17.0 Å². The van der Waals surface area contributed by atoms with E-state index in [1.807, 2.05) is 36.4 Å². The molecule has 0 bridgehead atoms. The monoisotopic (exact) mass is 354 g/mol. The molecule has 2 amide bonds. The first-order valence-corrected chi connectivity index (χ1v) is 8.18. The fourth-order valence-corrected chi connectivity index (χ4v) is 3.07. The summed E-state index contributed by atoms with van der Waals surface area (Å²) in [4.78, 5) is 33.1. The van der Waals surface area contributed by atoms with Crippen molar-refractivity contribution < 1.29 is 24.2 Å². The number of carboxylic acid groups (broad SMARTS) is 1. The Bertz CT molecular complexity index is 804. The summed E-state index contributed by atoms with van der Waals surface area (Å²) in [7, 11) is 0. The molecular weight excluding hydrogens is 336 g/mol. The van der Waals surface area contributed by atoms with Gasteiger partial charge >= 0.3 is 18.0 Å². The van der Waals surface area contributed by atoms with Crippen molar-refractivity contribution in [2.45, 2.75) is 5.92 Å². The van der Waals surface area contributed by atoms with Gasteiger partial charge in [0.25, 0.3) is 0 Å². The minimum atomic E-state index is -1.56. The number of carbonyl (C=O) groups is 3. The Morgan fingerprint density at radius 3 is 2.00 bits per heavy atom. The summed E-state index contributed by atoms with van der Waals surface area (Å²) < 4.78 is 5.32. The van der Waals surface area contributed by atoms with Crippen LogP contribution in [0.2, 0.25) is 0 Å². The number of nitrogens with one attached hydrogen (secondary N) is 2. The van der Waals surface area contributed by atoms with Crippen LogP contribution in [0.5, 0.6) is 0 Å². The van der Waals surface area contributed by atoms with E-state index < -0.39 is 18.0 Å². The van der Waals surface area contributed by atoms with Gasteiger partial charge in [-0.3, -0.25) is 4.79 Å². The summed E-state index contributed by atoms with van der Waals surface area (Å²) in [6.45, 7) is 0.284. The largest absolute Gasteiger partial charge is 0.474 e. The second-order valence-electron chi connectivity index (χ2n) is 5.81. The minimum absolute atomic E-state index is 0.00925. The van der Waals surface area contributed by atoms with E-state index in [1.165, 1.54) is 0 Å². The first-order valence-electron chi connectivity index (χ1n) is 8.18. The molecule has 0 fully saturated rings. The summed E-state index contributed by atoms with van der Waals surface area (Å²) >= 11 is 0. The topological polar surface area (TPSA) is 105 Å². The molecule has 7 nitrogen and oxygen atoms in total. The van der Waals surface area contributed by atoms with Crippen molar-refractivity contribution in [1.82, 2.24) is 10.6 Å². The van der Waals surface area contributed by atoms with Gasteiger partial charge in [-0.25, -0.2) is 9.59 Å². The molecule has 0 spiro atoms. The van der Waals surface area contributed by atoms with Crippen LogP contribution in [0.3, 0.4) is 0 Å². The fraction of sp³-hybridized carbons (Fsp3) is 0.211. The Balaban J connectivity index is 1.54. The lowest BCUT2D eigenvalue weighted by Gasteiger charge is -2.14. The molecule has 0 saturated heterocycles. The highest BCUT2D eigenvalue weighted by molar-refractivity contribution is 6.31. The van der Waals surface area contributed by atoms with E-state index in [2.05, 4.69) is 22.8 Å². The second-order valence-corrected chi connectivity index (χ2v) is 5.81. The molecule has 134 valence electrons. The van der Waals surface area contributed by atoms with Gasteiger partial charge in [0.15, 0.2) is 0 Å². The number of hydrogen-bond donors (Lipinski definition) is 3. The normalized spacial score (nSPS) is 12.0. The maximum atomic E-state index is 11.8. The third-order valence-electron chi connectivity index (χ3n) is 4.22. The van der Waals surface area contributed by atoms with E-state index in [0.29, 0.717) is 0 Å². The number of aliphatic carboxylic acids is 1. The summed E-state index contributed by atoms with van der Waals surface area (Å²) in [5.74, 6) is -2.70. The summed E-state index contributed by atoms with van der Waals surface area (Å²) in [5.41, 5.74) is 4.53. The molecule has 2 aromatic carbocycles. The van der Waals surface area contributed by atoms with Gasteiger partial charge in [0.2, 0.25) is 0 Å². The zero-order chi connectivity index (χ0) is 18.5. The SMILES string of the molecule is O=C(NCCNC(=O)C(=O)O)OCC1c2ccccc2-c2ccccc21. The lowest BCUT2D eigenvalue weighted by Crippen LogP contribution is -2.38. The Hall–Kier alpha value is -3.35. The van der Waals surface area contributed by atoms with Crippen LogP contribution in [-0.2, 0) is 14.3 Å². The molecule has 3 N–H and O–H groups in total. The first kappa shape index (κ1) is 17.5. The van der Waals surface area contributed by atoms with E-state index in [9.17, 15) is 14.4 Å². The average molecular weight is 354 g/mol. The zero-order valence-corrected chi connectivity index (χ0v) is 13.9. The van der Waals surface area contributed by atoms with Gasteiger partial charge in [0.05, 0.1) is 0 Å². The maximum Gasteiger partial charge on any atom is 0.407 e. The van der Waals surface area contributed by atoms with Gasteiger partial charge in [-0.2, -0.15) is 0 Å². The Kier molecular flexibility index (Phi) is 5.17. The fourth-order valence-electron chi connectivity index (χ4n) is 3.07. The van der Waals surface area contributed by atoms with E-state index >= 15 is 0 Å². The predicted octanol–water partition coefficient (Wildman–Crippen LogP) is 1.73. The van der Waals surface area contributed by atoms with Crippen molar-refractivity contribution in [3.8, 4) is 11.1 Å². The van der Waals surface area contributed by atoms with Gasteiger partial charge in [-0.15, -0.1) is 0 Å². The summed E-state index contributed by atoms with van der Waals surface area (Å²) in [6.07, 6.45) is -0.614. The number of carboxylic acids is 1. The Morgan fingerprint density at radius 2 is 1.42 bits per heavy atom. The molecule has 7 heteroatoms. The Morgan fingerprint density at radius 1 is 0.885 bits per heavy atom. The number of ether oxygens (including phenoxy) is 1. The molecule has 0 radical (unpaired) electrons. The molecule has 3 rings (SSSR count). The lowest BCUT2D eigenvalue weighted by molar-refractivity contribution is -0.150. The third kappa shape index (κ3) is 3.66. The lowest BCUT2D eigenvalue weighted by atomic mass is 9.98. The summed E-state index contributed by atoms with van der Waals surface area (Å²) in [5, 5.41) is 13.1. The molecule has 0 unspecified atom stereocenters. The number of hydrogen-bond acceptors (Lipinski definition) is 4. The van der Waals surface area contributed by atoms with E-state index in [-0.39, 0.29) is 25.6 Å². The van der Waals surface area contributed by atoms with Crippen LogP contribution in [0.4, 0.5) is 4.79 Å². The van der Waals surface area contributed by atoms with Crippen LogP contribution < -0.4 is 10.6 Å². The van der Waals surface area contributed by atoms with Gasteiger partial charge in [0, 0.05) is 19.0 Å².